The second kappa shape index (κ2) is 11.5. The highest BCUT2D eigenvalue weighted by Crippen LogP contribution is 2.58. The normalized spacial score (nSPS) is 30.3. The Labute approximate surface area is 299 Å². The lowest BCUT2D eigenvalue weighted by molar-refractivity contribution is -0.141. The van der Waals surface area contributed by atoms with Crippen molar-refractivity contribution in [3.63, 3.8) is 0 Å². The molecule has 2 amide bonds. The molecule has 4 bridgehead atoms. The second-order valence-corrected chi connectivity index (χ2v) is 15.7. The molecular weight excluding hydrogens is 636 g/mol. The predicted molar refractivity (Wildman–Crippen MR) is 195 cm³/mol. The summed E-state index contributed by atoms with van der Waals surface area (Å²) in [5.74, 6) is 1.49. The van der Waals surface area contributed by atoms with E-state index in [9.17, 15) is 5.11 Å². The van der Waals surface area contributed by atoms with E-state index in [0.717, 1.165) is 76.1 Å². The molecule has 1 aliphatic carbocycles. The summed E-state index contributed by atoms with van der Waals surface area (Å²) in [6.07, 6.45) is 4.22. The largest absolute Gasteiger partial charge is 0.457 e. The lowest BCUT2D eigenvalue weighted by Gasteiger charge is -2.51. The van der Waals surface area contributed by atoms with Crippen molar-refractivity contribution >= 4 is 11.8 Å². The Bertz CT molecular complexity index is 2020. The molecule has 7 heterocycles. The lowest BCUT2D eigenvalue weighted by atomic mass is 9.63. The first kappa shape index (κ1) is 31.3. The lowest BCUT2D eigenvalue weighted by Crippen LogP contribution is -2.61. The summed E-state index contributed by atoms with van der Waals surface area (Å²) in [4.78, 5) is 37.9. The Kier molecular flexibility index (Phi) is 7.05. The monoisotopic (exact) mass is 680 g/mol. The van der Waals surface area contributed by atoms with Crippen LogP contribution in [0, 0.1) is 11.8 Å². The Morgan fingerprint density at radius 3 is 1.86 bits per heavy atom. The quantitative estimate of drug-likeness (QED) is 0.305. The van der Waals surface area contributed by atoms with Crippen LogP contribution in [-0.4, -0.2) is 90.0 Å². The minimum Gasteiger partial charge on any atom is -0.457 e. The van der Waals surface area contributed by atoms with Crippen LogP contribution >= 0.6 is 0 Å². The van der Waals surface area contributed by atoms with Crippen LogP contribution in [0.1, 0.15) is 53.5 Å². The molecule has 2 N–H and O–H groups in total. The number of ether oxygens (including phenoxy) is 1. The fourth-order valence-electron chi connectivity index (χ4n) is 10.7. The summed E-state index contributed by atoms with van der Waals surface area (Å²) in [5, 5.41) is 16.7. The molecule has 0 saturated carbocycles. The van der Waals surface area contributed by atoms with E-state index in [1.807, 2.05) is 103 Å². The zero-order chi connectivity index (χ0) is 34.5. The van der Waals surface area contributed by atoms with E-state index in [1.165, 1.54) is 0 Å². The maximum Gasteiger partial charge on any atom is 0.261 e. The van der Waals surface area contributed by atoms with Gasteiger partial charge in [-0.25, -0.2) is 0 Å². The average Bonchev–Trinajstić information content (AvgIpc) is 3.46. The fourth-order valence-corrected chi connectivity index (χ4v) is 10.7. The van der Waals surface area contributed by atoms with Crippen LogP contribution in [0.25, 0.3) is 11.1 Å². The highest BCUT2D eigenvalue weighted by molar-refractivity contribution is 6.04. The molecule has 51 heavy (non-hydrogen) atoms. The summed E-state index contributed by atoms with van der Waals surface area (Å²) in [6, 6.07) is 29.2. The molecule has 7 aliphatic heterocycles. The van der Waals surface area contributed by atoms with Gasteiger partial charge in [-0.05, 0) is 92.5 Å². The van der Waals surface area contributed by atoms with E-state index in [-0.39, 0.29) is 18.0 Å². The number of para-hydroxylation sites is 2. The smallest absolute Gasteiger partial charge is 0.261 e. The standard InChI is InChI=1S/C43H44N4O4/c1-45(36-26-47-23-19-28(36)20-24-47)41(49)42(32-12-4-6-15-37(32)51-38-16-7-5-13-33(38)42)34-14-8-10-30-29-9-2-3-11-31(29)43(50,39(30)34)40(48)44-35-25-46-21-17-27(35)18-22-46/h2-16,27-28,35-36,50H,17-26H2,1H3,(H,44,48)/t35?,36-,43?/m0/s1. The molecule has 3 atom stereocenters. The van der Waals surface area contributed by atoms with E-state index in [1.54, 1.807) is 0 Å². The van der Waals surface area contributed by atoms with Crippen molar-refractivity contribution < 1.29 is 19.4 Å². The van der Waals surface area contributed by atoms with Crippen molar-refractivity contribution in [3.8, 4) is 22.6 Å². The van der Waals surface area contributed by atoms with Crippen LogP contribution in [0.4, 0.5) is 0 Å². The number of carbonyl (C=O) groups excluding carboxylic acids is 2. The second-order valence-electron chi connectivity index (χ2n) is 15.7. The van der Waals surface area contributed by atoms with Gasteiger partial charge < -0.3 is 29.9 Å². The summed E-state index contributed by atoms with van der Waals surface area (Å²) in [7, 11) is 1.96. The number of hydrogen-bond acceptors (Lipinski definition) is 6. The van der Waals surface area contributed by atoms with Gasteiger partial charge in [0.05, 0.1) is 0 Å². The molecule has 6 fully saturated rings. The van der Waals surface area contributed by atoms with Gasteiger partial charge in [0.1, 0.15) is 16.9 Å². The van der Waals surface area contributed by atoms with E-state index in [2.05, 4.69) is 15.1 Å². The number of hydrogen-bond donors (Lipinski definition) is 2. The summed E-state index contributed by atoms with van der Waals surface area (Å²) in [5.41, 5.74) is 1.21. The molecular formula is C43H44N4O4. The molecule has 0 radical (unpaired) electrons. The van der Waals surface area contributed by atoms with Crippen LogP contribution in [0.2, 0.25) is 0 Å². The van der Waals surface area contributed by atoms with Crippen molar-refractivity contribution in [2.75, 3.05) is 46.3 Å². The van der Waals surface area contributed by atoms with Crippen LogP contribution in [0.15, 0.2) is 91.0 Å². The van der Waals surface area contributed by atoms with Gasteiger partial charge in [-0.3, -0.25) is 9.59 Å². The van der Waals surface area contributed by atoms with Crippen molar-refractivity contribution in [1.82, 2.24) is 20.0 Å². The number of nitrogens with one attached hydrogen (secondary N) is 1. The van der Waals surface area contributed by atoms with Crippen LogP contribution < -0.4 is 10.1 Å². The van der Waals surface area contributed by atoms with Gasteiger partial charge in [0, 0.05) is 54.5 Å². The Hall–Kier alpha value is -4.50. The zero-order valence-electron chi connectivity index (χ0n) is 29.1. The van der Waals surface area contributed by atoms with E-state index in [4.69, 9.17) is 4.74 Å². The maximum absolute atomic E-state index is 16.0. The van der Waals surface area contributed by atoms with Crippen LogP contribution in [0.5, 0.6) is 11.5 Å². The number of amides is 2. The van der Waals surface area contributed by atoms with Gasteiger partial charge in [-0.15, -0.1) is 0 Å². The molecule has 6 saturated heterocycles. The van der Waals surface area contributed by atoms with Gasteiger partial charge in [0.2, 0.25) is 5.91 Å². The Balaban J connectivity index is 1.22. The van der Waals surface area contributed by atoms with Crippen molar-refractivity contribution in [3.05, 3.63) is 119 Å². The molecule has 4 aromatic rings. The number of likely N-dealkylation sites (N-methyl/N-ethyl adjacent to an activating group) is 1. The van der Waals surface area contributed by atoms with Crippen molar-refractivity contribution in [1.29, 1.82) is 0 Å². The third kappa shape index (κ3) is 4.36. The Morgan fingerprint density at radius 2 is 1.25 bits per heavy atom. The van der Waals surface area contributed by atoms with E-state index in [0.29, 0.717) is 51.2 Å². The minimum atomic E-state index is -2.03. The third-order valence-corrected chi connectivity index (χ3v) is 13.3. The number of carbonyl (C=O) groups is 2. The molecule has 8 aliphatic rings. The number of benzene rings is 4. The summed E-state index contributed by atoms with van der Waals surface area (Å²) >= 11 is 0. The van der Waals surface area contributed by atoms with E-state index >= 15 is 9.59 Å². The first-order valence-corrected chi connectivity index (χ1v) is 18.7. The predicted octanol–water partition coefficient (Wildman–Crippen LogP) is 5.11. The number of fused-ring (bicyclic) bond motifs is 11. The molecule has 8 nitrogen and oxygen atoms in total. The number of aliphatic hydroxyl groups is 1. The molecule has 8 heteroatoms. The van der Waals surface area contributed by atoms with Crippen molar-refractivity contribution in [2.24, 2.45) is 11.8 Å². The number of nitrogens with zero attached hydrogens (tertiary/aromatic N) is 3. The molecule has 4 aromatic carbocycles. The third-order valence-electron chi connectivity index (χ3n) is 13.3. The maximum atomic E-state index is 16.0. The SMILES string of the molecule is CN(C(=O)C1(c2cccc3c2C(O)(C(=O)NC2CN4CCC2CC4)c2ccccc2-3)c2ccccc2Oc2ccccc21)[C@H]1CN2CCC1CC2. The van der Waals surface area contributed by atoms with Gasteiger partial charge in [-0.1, -0.05) is 78.9 Å². The number of piperidine rings is 6. The molecule has 260 valence electrons. The van der Waals surface area contributed by atoms with Gasteiger partial charge in [0.15, 0.2) is 5.60 Å². The fraction of sp³-hybridized carbons (Fsp3) is 0.395. The highest BCUT2D eigenvalue weighted by Gasteiger charge is 2.59. The number of rotatable bonds is 5. The zero-order valence-corrected chi connectivity index (χ0v) is 29.1. The van der Waals surface area contributed by atoms with Gasteiger partial charge >= 0.3 is 0 Å². The van der Waals surface area contributed by atoms with Crippen LogP contribution in [0.3, 0.4) is 0 Å². The van der Waals surface area contributed by atoms with Crippen LogP contribution in [-0.2, 0) is 20.6 Å². The van der Waals surface area contributed by atoms with E-state index < -0.39 is 16.9 Å². The topological polar surface area (TPSA) is 85.3 Å². The summed E-state index contributed by atoms with van der Waals surface area (Å²) in [6.45, 7) is 5.87. The average molecular weight is 681 g/mol. The van der Waals surface area contributed by atoms with Crippen molar-refractivity contribution in [2.45, 2.75) is 48.8 Å². The first-order valence-electron chi connectivity index (χ1n) is 18.7. The van der Waals surface area contributed by atoms with Gasteiger partial charge in [-0.2, -0.15) is 0 Å². The first-order chi connectivity index (χ1) is 24.9. The van der Waals surface area contributed by atoms with Gasteiger partial charge in [0.25, 0.3) is 5.91 Å². The Morgan fingerprint density at radius 1 is 0.706 bits per heavy atom. The summed E-state index contributed by atoms with van der Waals surface area (Å²) < 4.78 is 6.56. The molecule has 0 spiro atoms. The highest BCUT2D eigenvalue weighted by atomic mass is 16.5. The molecule has 2 unspecified atom stereocenters. The minimum absolute atomic E-state index is 0.0459. The molecule has 0 aromatic heterocycles. The molecule has 12 rings (SSSR count).